The first-order valence-corrected chi connectivity index (χ1v) is 9.74. The lowest BCUT2D eigenvalue weighted by molar-refractivity contribution is 0.0603. The first-order chi connectivity index (χ1) is 13.4. The molecule has 0 saturated carbocycles. The van der Waals surface area contributed by atoms with E-state index in [-0.39, 0.29) is 5.82 Å². The largest absolute Gasteiger partial charge is 0.465 e. The van der Waals surface area contributed by atoms with Crippen molar-refractivity contribution in [1.29, 1.82) is 0 Å². The Kier molecular flexibility index (Phi) is 6.06. The number of ether oxygens (including phenoxy) is 1. The fourth-order valence-electron chi connectivity index (χ4n) is 2.91. The molecule has 0 aliphatic heterocycles. The first-order valence-electron chi connectivity index (χ1n) is 8.52. The topological polar surface area (TPSA) is 50.4 Å². The predicted octanol–water partition coefficient (Wildman–Crippen LogP) is 5.77. The van der Waals surface area contributed by atoms with E-state index in [1.54, 1.807) is 13.0 Å². The SMILES string of the molecule is COC(=O)c1c(NC(=S)Nc2ccc(F)cc2C)sc(C)c1-c1ccccc1. The second-order valence-corrected chi connectivity index (χ2v) is 7.77. The standard InChI is InChI=1S/C21H19FN2O2S2/c1-12-11-15(22)9-10-16(12)23-21(27)24-19-18(20(25)26-3)17(13(2)28-19)14-7-5-4-6-8-14/h4-11H,1-3H3,(H2,23,24,27). The molecule has 0 aliphatic rings. The fraction of sp³-hybridized carbons (Fsp3) is 0.143. The number of thiocarbonyl (C=S) groups is 1. The maximum Gasteiger partial charge on any atom is 0.341 e. The zero-order valence-corrected chi connectivity index (χ0v) is 17.3. The number of esters is 1. The van der Waals surface area contributed by atoms with Crippen LogP contribution in [0.15, 0.2) is 48.5 Å². The van der Waals surface area contributed by atoms with Gasteiger partial charge in [-0.25, -0.2) is 9.18 Å². The highest BCUT2D eigenvalue weighted by molar-refractivity contribution is 7.80. The van der Waals surface area contributed by atoms with Gasteiger partial charge in [0, 0.05) is 16.1 Å². The van der Waals surface area contributed by atoms with Gasteiger partial charge in [0.25, 0.3) is 0 Å². The van der Waals surface area contributed by atoms with Crippen LogP contribution in [0.2, 0.25) is 0 Å². The van der Waals surface area contributed by atoms with Gasteiger partial charge in [0.1, 0.15) is 16.4 Å². The van der Waals surface area contributed by atoms with Crippen LogP contribution in [0.25, 0.3) is 11.1 Å². The van der Waals surface area contributed by atoms with Gasteiger partial charge in [0.2, 0.25) is 0 Å². The minimum absolute atomic E-state index is 0.306. The van der Waals surface area contributed by atoms with Crippen LogP contribution in [0.4, 0.5) is 15.1 Å². The molecule has 28 heavy (non-hydrogen) atoms. The molecule has 0 unspecified atom stereocenters. The monoisotopic (exact) mass is 414 g/mol. The van der Waals surface area contributed by atoms with E-state index in [0.717, 1.165) is 21.6 Å². The number of carbonyl (C=O) groups excluding carboxylic acids is 1. The molecule has 1 aromatic heterocycles. The average Bonchev–Trinajstić information content (AvgIpc) is 2.99. The van der Waals surface area contributed by atoms with E-state index in [1.807, 2.05) is 37.3 Å². The summed E-state index contributed by atoms with van der Waals surface area (Å²) in [7, 11) is 1.35. The highest BCUT2D eigenvalue weighted by Crippen LogP contribution is 2.40. The molecular formula is C21H19FN2O2S2. The van der Waals surface area contributed by atoms with Gasteiger partial charge in [0.05, 0.1) is 7.11 Å². The molecule has 7 heteroatoms. The van der Waals surface area contributed by atoms with E-state index >= 15 is 0 Å². The molecule has 3 aromatic rings. The van der Waals surface area contributed by atoms with Gasteiger partial charge in [-0.2, -0.15) is 0 Å². The van der Waals surface area contributed by atoms with Gasteiger partial charge in [0.15, 0.2) is 5.11 Å². The molecule has 3 rings (SSSR count). The number of rotatable bonds is 4. The highest BCUT2D eigenvalue weighted by Gasteiger charge is 2.24. The molecule has 0 radical (unpaired) electrons. The highest BCUT2D eigenvalue weighted by atomic mass is 32.1. The summed E-state index contributed by atoms with van der Waals surface area (Å²) in [5, 5.41) is 7.04. The number of anilines is 2. The number of methoxy groups -OCH3 is 1. The lowest BCUT2D eigenvalue weighted by atomic mass is 10.0. The van der Waals surface area contributed by atoms with Crippen LogP contribution in [-0.2, 0) is 4.74 Å². The Morgan fingerprint density at radius 3 is 2.46 bits per heavy atom. The minimum atomic E-state index is -0.438. The van der Waals surface area contributed by atoms with E-state index in [0.29, 0.717) is 21.4 Å². The smallest absolute Gasteiger partial charge is 0.341 e. The van der Waals surface area contributed by atoms with Crippen LogP contribution in [0.3, 0.4) is 0 Å². The molecule has 0 spiro atoms. The molecule has 2 aromatic carbocycles. The van der Waals surface area contributed by atoms with Crippen LogP contribution < -0.4 is 10.6 Å². The Hall–Kier alpha value is -2.77. The molecule has 1 heterocycles. The van der Waals surface area contributed by atoms with Gasteiger partial charge in [-0.05, 0) is 55.4 Å². The summed E-state index contributed by atoms with van der Waals surface area (Å²) in [4.78, 5) is 13.5. The Balaban J connectivity index is 1.93. The number of hydrogen-bond acceptors (Lipinski definition) is 4. The zero-order chi connectivity index (χ0) is 20.3. The quantitative estimate of drug-likeness (QED) is 0.419. The van der Waals surface area contributed by atoms with Gasteiger partial charge in [-0.3, -0.25) is 0 Å². The fourth-order valence-corrected chi connectivity index (χ4v) is 4.25. The van der Waals surface area contributed by atoms with Crippen molar-refractivity contribution in [2.75, 3.05) is 17.7 Å². The van der Waals surface area contributed by atoms with Crippen LogP contribution in [0.1, 0.15) is 20.8 Å². The van der Waals surface area contributed by atoms with Crippen LogP contribution >= 0.6 is 23.6 Å². The summed E-state index contributed by atoms with van der Waals surface area (Å²) in [6, 6.07) is 14.1. The van der Waals surface area contributed by atoms with E-state index in [4.69, 9.17) is 17.0 Å². The lowest BCUT2D eigenvalue weighted by Crippen LogP contribution is -2.20. The van der Waals surface area contributed by atoms with Crippen molar-refractivity contribution in [3.05, 3.63) is 70.4 Å². The molecule has 0 bridgehead atoms. The van der Waals surface area contributed by atoms with Crippen LogP contribution in [0.5, 0.6) is 0 Å². The molecule has 0 saturated heterocycles. The normalized spacial score (nSPS) is 10.4. The van der Waals surface area contributed by atoms with E-state index in [9.17, 15) is 9.18 Å². The van der Waals surface area contributed by atoms with Crippen molar-refractivity contribution >= 4 is 45.3 Å². The van der Waals surface area contributed by atoms with Crippen LogP contribution in [0, 0.1) is 19.7 Å². The summed E-state index contributed by atoms with van der Waals surface area (Å²) >= 11 is 6.83. The van der Waals surface area contributed by atoms with Gasteiger partial charge >= 0.3 is 5.97 Å². The van der Waals surface area contributed by atoms with E-state index in [1.165, 1.54) is 30.6 Å². The zero-order valence-electron chi connectivity index (χ0n) is 15.6. The third-order valence-corrected chi connectivity index (χ3v) is 5.42. The third kappa shape index (κ3) is 4.21. The Morgan fingerprint density at radius 2 is 1.82 bits per heavy atom. The van der Waals surface area contributed by atoms with Crippen molar-refractivity contribution in [3.8, 4) is 11.1 Å². The summed E-state index contributed by atoms with van der Waals surface area (Å²) in [6.45, 7) is 3.74. The molecule has 4 nitrogen and oxygen atoms in total. The molecule has 2 N–H and O–H groups in total. The van der Waals surface area contributed by atoms with Crippen molar-refractivity contribution < 1.29 is 13.9 Å². The Morgan fingerprint density at radius 1 is 1.11 bits per heavy atom. The first kappa shape index (κ1) is 20.0. The van der Waals surface area contributed by atoms with Crippen LogP contribution in [-0.4, -0.2) is 18.2 Å². The second kappa shape index (κ2) is 8.50. The second-order valence-electron chi connectivity index (χ2n) is 6.13. The number of carbonyl (C=O) groups is 1. The number of hydrogen-bond donors (Lipinski definition) is 2. The summed E-state index contributed by atoms with van der Waals surface area (Å²) in [5.41, 5.74) is 3.61. The van der Waals surface area contributed by atoms with E-state index in [2.05, 4.69) is 10.6 Å². The van der Waals surface area contributed by atoms with Gasteiger partial charge in [-0.1, -0.05) is 30.3 Å². The molecule has 0 amide bonds. The molecule has 0 fully saturated rings. The van der Waals surface area contributed by atoms with Crippen molar-refractivity contribution in [2.24, 2.45) is 0 Å². The molecule has 0 atom stereocenters. The van der Waals surface area contributed by atoms with Crippen molar-refractivity contribution in [1.82, 2.24) is 0 Å². The third-order valence-electron chi connectivity index (χ3n) is 4.20. The van der Waals surface area contributed by atoms with Crippen molar-refractivity contribution in [3.63, 3.8) is 0 Å². The lowest BCUT2D eigenvalue weighted by Gasteiger charge is -2.13. The number of aryl methyl sites for hydroxylation is 2. The summed E-state index contributed by atoms with van der Waals surface area (Å²) in [6.07, 6.45) is 0. The Labute approximate surface area is 172 Å². The number of benzene rings is 2. The summed E-state index contributed by atoms with van der Waals surface area (Å²) < 4.78 is 18.3. The average molecular weight is 415 g/mol. The maximum atomic E-state index is 13.3. The molecule has 144 valence electrons. The van der Waals surface area contributed by atoms with Gasteiger partial charge < -0.3 is 15.4 Å². The molecule has 0 aliphatic carbocycles. The molecular weight excluding hydrogens is 395 g/mol. The predicted molar refractivity (Wildman–Crippen MR) is 117 cm³/mol. The van der Waals surface area contributed by atoms with E-state index < -0.39 is 5.97 Å². The van der Waals surface area contributed by atoms with Crippen molar-refractivity contribution in [2.45, 2.75) is 13.8 Å². The maximum absolute atomic E-state index is 13.3. The number of thiophene rings is 1. The van der Waals surface area contributed by atoms with Gasteiger partial charge in [-0.15, -0.1) is 11.3 Å². The summed E-state index contributed by atoms with van der Waals surface area (Å²) in [5.74, 6) is -0.747. The Bertz CT molecular complexity index is 1030. The number of halogens is 1. The minimum Gasteiger partial charge on any atom is -0.465 e. The number of nitrogens with one attached hydrogen (secondary N) is 2.